The Morgan fingerprint density at radius 3 is 2.62 bits per heavy atom. The summed E-state index contributed by atoms with van der Waals surface area (Å²) in [6.45, 7) is 0. The first-order valence-corrected chi connectivity index (χ1v) is 5.59. The van der Waals surface area contributed by atoms with E-state index in [0.29, 0.717) is 11.6 Å². The molecule has 1 saturated carbocycles. The fourth-order valence-electron chi connectivity index (χ4n) is 1.94. The van der Waals surface area contributed by atoms with E-state index < -0.39 is 0 Å². The molecule has 0 atom stereocenters. The number of ether oxygens (including phenoxy) is 1. The van der Waals surface area contributed by atoms with E-state index in [1.165, 1.54) is 25.5 Å². The molecular formula is C11H16N4O. The zero-order valence-electron chi connectivity index (χ0n) is 9.15. The molecule has 1 aromatic rings. The van der Waals surface area contributed by atoms with E-state index in [-0.39, 0.29) is 11.9 Å². The van der Waals surface area contributed by atoms with Crippen molar-refractivity contribution in [2.24, 2.45) is 5.73 Å². The van der Waals surface area contributed by atoms with Crippen LogP contribution in [0.2, 0.25) is 0 Å². The topological polar surface area (TPSA) is 84.9 Å². The van der Waals surface area contributed by atoms with Gasteiger partial charge in [-0.1, -0.05) is 6.42 Å². The molecule has 86 valence electrons. The number of nitrogen functional groups attached to an aromatic ring is 1. The number of hydrogen-bond acceptors (Lipinski definition) is 4. The first-order valence-electron chi connectivity index (χ1n) is 5.59. The summed E-state index contributed by atoms with van der Waals surface area (Å²) < 4.78 is 5.75. The van der Waals surface area contributed by atoms with Gasteiger partial charge in [0, 0.05) is 12.4 Å². The van der Waals surface area contributed by atoms with Crippen LogP contribution in [0.3, 0.4) is 0 Å². The number of nitrogens with one attached hydrogen (secondary N) is 1. The first-order chi connectivity index (χ1) is 7.77. The molecule has 0 aromatic carbocycles. The lowest BCUT2D eigenvalue weighted by molar-refractivity contribution is 0.147. The summed E-state index contributed by atoms with van der Waals surface area (Å²) in [5.41, 5.74) is 5.76. The van der Waals surface area contributed by atoms with Crippen LogP contribution in [0, 0.1) is 5.41 Å². The highest BCUT2D eigenvalue weighted by Crippen LogP contribution is 2.23. The number of nitrogens with two attached hydrogens (primary N) is 1. The van der Waals surface area contributed by atoms with Crippen molar-refractivity contribution >= 4 is 5.84 Å². The van der Waals surface area contributed by atoms with Gasteiger partial charge in [-0.3, -0.25) is 5.41 Å². The summed E-state index contributed by atoms with van der Waals surface area (Å²) in [5, 5.41) is 7.39. The molecule has 16 heavy (non-hydrogen) atoms. The molecule has 0 spiro atoms. The first kappa shape index (κ1) is 10.9. The quantitative estimate of drug-likeness (QED) is 0.596. The van der Waals surface area contributed by atoms with Gasteiger partial charge in [-0.25, -0.2) is 9.97 Å². The maximum atomic E-state index is 7.39. The highest BCUT2D eigenvalue weighted by atomic mass is 16.5. The van der Waals surface area contributed by atoms with Gasteiger partial charge in [-0.2, -0.15) is 0 Å². The van der Waals surface area contributed by atoms with Crippen molar-refractivity contribution in [3.05, 3.63) is 18.1 Å². The Kier molecular flexibility index (Phi) is 3.34. The van der Waals surface area contributed by atoms with Crippen LogP contribution in [-0.4, -0.2) is 21.9 Å². The number of aromatic nitrogens is 2. The third-order valence-corrected chi connectivity index (χ3v) is 2.75. The Morgan fingerprint density at radius 2 is 1.94 bits per heavy atom. The Balaban J connectivity index is 2.10. The monoisotopic (exact) mass is 220 g/mol. The summed E-state index contributed by atoms with van der Waals surface area (Å²) in [6.07, 6.45) is 9.04. The van der Waals surface area contributed by atoms with E-state index in [2.05, 4.69) is 9.97 Å². The molecule has 0 radical (unpaired) electrons. The normalized spacial score (nSPS) is 17.0. The van der Waals surface area contributed by atoms with Crippen LogP contribution in [0.15, 0.2) is 12.4 Å². The Bertz CT molecular complexity index is 374. The maximum Gasteiger partial charge on any atom is 0.244 e. The molecule has 0 saturated heterocycles. The largest absolute Gasteiger partial charge is 0.473 e. The van der Waals surface area contributed by atoms with Gasteiger partial charge in [0.1, 0.15) is 11.9 Å². The van der Waals surface area contributed by atoms with Crippen molar-refractivity contribution in [1.82, 2.24) is 9.97 Å². The average Bonchev–Trinajstić information content (AvgIpc) is 2.31. The molecule has 0 bridgehead atoms. The fraction of sp³-hybridized carbons (Fsp3) is 0.545. The van der Waals surface area contributed by atoms with Gasteiger partial charge in [0.05, 0.1) is 0 Å². The van der Waals surface area contributed by atoms with Crippen LogP contribution in [-0.2, 0) is 0 Å². The standard InChI is InChI=1S/C11H16N4O/c12-10(13)9-11(15-7-6-14-9)16-8-4-2-1-3-5-8/h6-8H,1-5H2,(H3,12,13). The second-order valence-electron chi connectivity index (χ2n) is 4.00. The van der Waals surface area contributed by atoms with E-state index in [0.717, 1.165) is 12.8 Å². The van der Waals surface area contributed by atoms with E-state index >= 15 is 0 Å². The molecular weight excluding hydrogens is 204 g/mol. The molecule has 1 aliphatic carbocycles. The predicted molar refractivity (Wildman–Crippen MR) is 60.5 cm³/mol. The molecule has 1 aliphatic rings. The van der Waals surface area contributed by atoms with E-state index in [1.807, 2.05) is 0 Å². The van der Waals surface area contributed by atoms with Gasteiger partial charge in [0.25, 0.3) is 0 Å². The van der Waals surface area contributed by atoms with Crippen molar-refractivity contribution in [1.29, 1.82) is 5.41 Å². The van der Waals surface area contributed by atoms with Crippen molar-refractivity contribution in [2.45, 2.75) is 38.2 Å². The SMILES string of the molecule is N=C(N)c1nccnc1OC1CCCCC1. The molecule has 1 fully saturated rings. The summed E-state index contributed by atoms with van der Waals surface area (Å²) in [7, 11) is 0. The molecule has 5 heteroatoms. The summed E-state index contributed by atoms with van der Waals surface area (Å²) in [5.74, 6) is 0.292. The van der Waals surface area contributed by atoms with Crippen molar-refractivity contribution in [2.75, 3.05) is 0 Å². The minimum Gasteiger partial charge on any atom is -0.473 e. The lowest BCUT2D eigenvalue weighted by Crippen LogP contribution is -2.23. The Hall–Kier alpha value is -1.65. The highest BCUT2D eigenvalue weighted by molar-refractivity contribution is 5.94. The average molecular weight is 220 g/mol. The van der Waals surface area contributed by atoms with Gasteiger partial charge in [-0.15, -0.1) is 0 Å². The van der Waals surface area contributed by atoms with Crippen LogP contribution in [0.5, 0.6) is 5.88 Å². The number of rotatable bonds is 3. The molecule has 1 heterocycles. The molecule has 0 amide bonds. The number of nitrogens with zero attached hydrogens (tertiary/aromatic N) is 2. The van der Waals surface area contributed by atoms with Gasteiger partial charge in [0.2, 0.25) is 5.88 Å². The van der Waals surface area contributed by atoms with Crippen LogP contribution >= 0.6 is 0 Å². The zero-order valence-corrected chi connectivity index (χ0v) is 9.15. The Morgan fingerprint density at radius 1 is 1.25 bits per heavy atom. The third-order valence-electron chi connectivity index (χ3n) is 2.75. The van der Waals surface area contributed by atoms with Crippen molar-refractivity contribution < 1.29 is 4.74 Å². The van der Waals surface area contributed by atoms with E-state index in [1.54, 1.807) is 6.20 Å². The van der Waals surface area contributed by atoms with Gasteiger partial charge < -0.3 is 10.5 Å². The number of amidine groups is 1. The highest BCUT2D eigenvalue weighted by Gasteiger charge is 2.18. The predicted octanol–water partition coefficient (Wildman–Crippen LogP) is 1.47. The molecule has 2 rings (SSSR count). The van der Waals surface area contributed by atoms with Crippen LogP contribution in [0.4, 0.5) is 0 Å². The minimum absolute atomic E-state index is 0.0982. The van der Waals surface area contributed by atoms with Gasteiger partial charge in [0.15, 0.2) is 5.69 Å². The van der Waals surface area contributed by atoms with Gasteiger partial charge in [-0.05, 0) is 25.7 Å². The lowest BCUT2D eigenvalue weighted by atomic mass is 9.98. The number of hydrogen-bond donors (Lipinski definition) is 2. The van der Waals surface area contributed by atoms with Crippen molar-refractivity contribution in [3.8, 4) is 5.88 Å². The van der Waals surface area contributed by atoms with Crippen molar-refractivity contribution in [3.63, 3.8) is 0 Å². The van der Waals surface area contributed by atoms with Crippen LogP contribution in [0.25, 0.3) is 0 Å². The summed E-state index contributed by atoms with van der Waals surface area (Å²) >= 11 is 0. The minimum atomic E-state index is -0.0982. The Labute approximate surface area is 94.6 Å². The third kappa shape index (κ3) is 2.48. The second kappa shape index (κ2) is 4.92. The van der Waals surface area contributed by atoms with Gasteiger partial charge >= 0.3 is 0 Å². The summed E-state index contributed by atoms with van der Waals surface area (Å²) in [6, 6.07) is 0. The second-order valence-corrected chi connectivity index (χ2v) is 4.00. The van der Waals surface area contributed by atoms with E-state index in [4.69, 9.17) is 15.9 Å². The lowest BCUT2D eigenvalue weighted by Gasteiger charge is -2.22. The molecule has 1 aromatic heterocycles. The van der Waals surface area contributed by atoms with Crippen LogP contribution < -0.4 is 10.5 Å². The molecule has 0 unspecified atom stereocenters. The maximum absolute atomic E-state index is 7.39. The smallest absolute Gasteiger partial charge is 0.244 e. The molecule has 5 nitrogen and oxygen atoms in total. The zero-order chi connectivity index (χ0) is 11.4. The summed E-state index contributed by atoms with van der Waals surface area (Å²) in [4.78, 5) is 8.10. The molecule has 3 N–H and O–H groups in total. The fourth-order valence-corrected chi connectivity index (χ4v) is 1.94. The van der Waals surface area contributed by atoms with E-state index in [9.17, 15) is 0 Å². The van der Waals surface area contributed by atoms with Crippen LogP contribution in [0.1, 0.15) is 37.8 Å². The molecule has 0 aliphatic heterocycles.